The van der Waals surface area contributed by atoms with Crippen molar-refractivity contribution >= 4 is 17.3 Å². The molecule has 0 radical (unpaired) electrons. The topological polar surface area (TPSA) is 43.4 Å². The van der Waals surface area contributed by atoms with Crippen LogP contribution >= 0.6 is 0 Å². The van der Waals surface area contributed by atoms with Gasteiger partial charge in [0.2, 0.25) is 0 Å². The number of carbonyl (C=O) groups excluding carboxylic acids is 2. The molecule has 2 aromatic carbocycles. The first kappa shape index (κ1) is 18.1. The van der Waals surface area contributed by atoms with Crippen LogP contribution in [0.1, 0.15) is 41.5 Å². The number of aryl methyl sites for hydroxylation is 2. The van der Waals surface area contributed by atoms with Crippen molar-refractivity contribution in [1.29, 1.82) is 0 Å². The Morgan fingerprint density at radius 3 is 2.42 bits per heavy atom. The van der Waals surface area contributed by atoms with Gasteiger partial charge in [0, 0.05) is 5.92 Å². The summed E-state index contributed by atoms with van der Waals surface area (Å²) in [6, 6.07) is 16.1. The number of esters is 1. The summed E-state index contributed by atoms with van der Waals surface area (Å²) in [5.74, 6) is -1.57. The van der Waals surface area contributed by atoms with E-state index in [0.717, 1.165) is 22.3 Å². The lowest BCUT2D eigenvalue weighted by molar-refractivity contribution is -0.151. The summed E-state index contributed by atoms with van der Waals surface area (Å²) in [5.41, 5.74) is 5.31. The quantitative estimate of drug-likeness (QED) is 0.598. The van der Waals surface area contributed by atoms with Gasteiger partial charge in [-0.25, -0.2) is 0 Å². The van der Waals surface area contributed by atoms with Gasteiger partial charge in [0.25, 0.3) is 0 Å². The molecule has 1 aliphatic rings. The first-order valence-electron chi connectivity index (χ1n) is 9.05. The summed E-state index contributed by atoms with van der Waals surface area (Å²) >= 11 is 0. The molecular weight excluding hydrogens is 324 g/mol. The Balaban J connectivity index is 2.04. The van der Waals surface area contributed by atoms with Gasteiger partial charge in [-0.3, -0.25) is 9.59 Å². The monoisotopic (exact) mass is 348 g/mol. The zero-order valence-corrected chi connectivity index (χ0v) is 15.5. The van der Waals surface area contributed by atoms with Crippen molar-refractivity contribution in [2.75, 3.05) is 6.61 Å². The lowest BCUT2D eigenvalue weighted by atomic mass is 9.72. The van der Waals surface area contributed by atoms with E-state index in [9.17, 15) is 9.59 Å². The maximum absolute atomic E-state index is 12.9. The van der Waals surface area contributed by atoms with Gasteiger partial charge in [0.15, 0.2) is 5.78 Å². The highest BCUT2D eigenvalue weighted by Crippen LogP contribution is 2.41. The van der Waals surface area contributed by atoms with E-state index in [-0.39, 0.29) is 18.3 Å². The summed E-state index contributed by atoms with van der Waals surface area (Å²) in [7, 11) is 0. The van der Waals surface area contributed by atoms with Crippen molar-refractivity contribution in [3.8, 4) is 0 Å². The Labute approximate surface area is 154 Å². The van der Waals surface area contributed by atoms with E-state index in [1.54, 1.807) is 13.0 Å². The number of benzene rings is 2. The maximum atomic E-state index is 12.9. The first-order chi connectivity index (χ1) is 12.5. The van der Waals surface area contributed by atoms with E-state index in [2.05, 4.69) is 0 Å². The van der Waals surface area contributed by atoms with Crippen molar-refractivity contribution in [3.63, 3.8) is 0 Å². The van der Waals surface area contributed by atoms with Crippen LogP contribution in [-0.4, -0.2) is 18.4 Å². The Morgan fingerprint density at radius 1 is 1.08 bits per heavy atom. The van der Waals surface area contributed by atoms with E-state index in [0.29, 0.717) is 6.42 Å². The van der Waals surface area contributed by atoms with Crippen molar-refractivity contribution < 1.29 is 14.3 Å². The molecule has 0 saturated heterocycles. The van der Waals surface area contributed by atoms with E-state index >= 15 is 0 Å². The van der Waals surface area contributed by atoms with Crippen LogP contribution in [-0.2, 0) is 14.3 Å². The first-order valence-corrected chi connectivity index (χ1v) is 9.05. The van der Waals surface area contributed by atoms with E-state index < -0.39 is 11.9 Å². The van der Waals surface area contributed by atoms with E-state index in [1.165, 1.54) is 5.56 Å². The fourth-order valence-corrected chi connectivity index (χ4v) is 3.65. The summed E-state index contributed by atoms with van der Waals surface area (Å²) in [4.78, 5) is 25.4. The summed E-state index contributed by atoms with van der Waals surface area (Å²) in [6.45, 7) is 6.10. The number of allylic oxidation sites excluding steroid dienone is 2. The molecule has 0 fully saturated rings. The van der Waals surface area contributed by atoms with Crippen LogP contribution in [0.3, 0.4) is 0 Å². The van der Waals surface area contributed by atoms with Crippen molar-refractivity contribution in [2.45, 2.75) is 33.1 Å². The fourth-order valence-electron chi connectivity index (χ4n) is 3.65. The Morgan fingerprint density at radius 2 is 1.77 bits per heavy atom. The molecule has 3 heteroatoms. The molecule has 0 bridgehead atoms. The number of hydrogen-bond acceptors (Lipinski definition) is 3. The lowest BCUT2D eigenvalue weighted by Gasteiger charge is -2.30. The molecule has 134 valence electrons. The largest absolute Gasteiger partial charge is 0.465 e. The van der Waals surface area contributed by atoms with Crippen LogP contribution in [0.25, 0.3) is 5.57 Å². The van der Waals surface area contributed by atoms with Gasteiger partial charge in [0.05, 0.1) is 6.61 Å². The highest BCUT2D eigenvalue weighted by atomic mass is 16.5. The molecule has 0 N–H and O–H groups in total. The van der Waals surface area contributed by atoms with E-state index in [4.69, 9.17) is 4.74 Å². The minimum atomic E-state index is -0.773. The highest BCUT2D eigenvalue weighted by Gasteiger charge is 2.40. The van der Waals surface area contributed by atoms with Gasteiger partial charge in [-0.15, -0.1) is 0 Å². The third kappa shape index (κ3) is 3.62. The molecule has 3 rings (SSSR count). The minimum Gasteiger partial charge on any atom is -0.465 e. The van der Waals surface area contributed by atoms with Crippen LogP contribution < -0.4 is 0 Å². The number of ether oxygens (including phenoxy) is 1. The third-order valence-corrected chi connectivity index (χ3v) is 5.02. The third-order valence-electron chi connectivity index (χ3n) is 5.02. The van der Waals surface area contributed by atoms with Gasteiger partial charge in [-0.05, 0) is 55.5 Å². The molecule has 0 spiro atoms. The number of carbonyl (C=O) groups is 2. The van der Waals surface area contributed by atoms with Gasteiger partial charge in [-0.2, -0.15) is 0 Å². The second kappa shape index (κ2) is 7.69. The summed E-state index contributed by atoms with van der Waals surface area (Å²) in [5, 5.41) is 0. The molecule has 1 aliphatic carbocycles. The number of rotatable bonds is 4. The second-order valence-corrected chi connectivity index (χ2v) is 6.83. The molecule has 0 aromatic heterocycles. The average molecular weight is 348 g/mol. The number of ketones is 1. The van der Waals surface area contributed by atoms with Gasteiger partial charge < -0.3 is 4.74 Å². The summed E-state index contributed by atoms with van der Waals surface area (Å²) < 4.78 is 5.21. The van der Waals surface area contributed by atoms with Crippen LogP contribution in [0.2, 0.25) is 0 Å². The maximum Gasteiger partial charge on any atom is 0.317 e. The molecule has 0 aliphatic heterocycles. The number of hydrogen-bond donors (Lipinski definition) is 0. The van der Waals surface area contributed by atoms with E-state index in [1.807, 2.05) is 62.4 Å². The molecule has 0 saturated carbocycles. The Hall–Kier alpha value is -2.68. The van der Waals surface area contributed by atoms with Crippen molar-refractivity contribution in [1.82, 2.24) is 0 Å². The van der Waals surface area contributed by atoms with Gasteiger partial charge in [-0.1, -0.05) is 54.1 Å². The average Bonchev–Trinajstić information content (AvgIpc) is 2.62. The summed E-state index contributed by atoms with van der Waals surface area (Å²) in [6.07, 6.45) is 2.27. The van der Waals surface area contributed by atoms with Crippen molar-refractivity contribution in [2.24, 2.45) is 5.92 Å². The van der Waals surface area contributed by atoms with Crippen LogP contribution in [0.4, 0.5) is 0 Å². The second-order valence-electron chi connectivity index (χ2n) is 6.83. The van der Waals surface area contributed by atoms with Gasteiger partial charge in [0.1, 0.15) is 5.92 Å². The Bertz CT molecular complexity index is 846. The normalized spacial score (nSPS) is 19.8. The van der Waals surface area contributed by atoms with Gasteiger partial charge >= 0.3 is 5.97 Å². The molecular formula is C23H24O3. The van der Waals surface area contributed by atoms with Crippen LogP contribution in [0, 0.1) is 19.8 Å². The SMILES string of the molecule is CCOC(=O)[C@H]1C(=O)C=C(c2ccc(C)cc2)C[C@H]1c1ccccc1C. The minimum absolute atomic E-state index is 0.168. The molecule has 2 atom stereocenters. The molecule has 0 heterocycles. The fraction of sp³-hybridized carbons (Fsp3) is 0.304. The zero-order valence-electron chi connectivity index (χ0n) is 15.5. The van der Waals surface area contributed by atoms with Crippen LogP contribution in [0.15, 0.2) is 54.6 Å². The Kier molecular flexibility index (Phi) is 5.36. The molecule has 3 nitrogen and oxygen atoms in total. The zero-order chi connectivity index (χ0) is 18.7. The molecule has 0 unspecified atom stereocenters. The molecule has 0 amide bonds. The van der Waals surface area contributed by atoms with Crippen molar-refractivity contribution in [3.05, 3.63) is 76.9 Å². The predicted molar refractivity (Wildman–Crippen MR) is 103 cm³/mol. The smallest absolute Gasteiger partial charge is 0.317 e. The van der Waals surface area contributed by atoms with Crippen LogP contribution in [0.5, 0.6) is 0 Å². The molecule has 26 heavy (non-hydrogen) atoms. The highest BCUT2D eigenvalue weighted by molar-refractivity contribution is 6.10. The molecule has 2 aromatic rings. The predicted octanol–water partition coefficient (Wildman–Crippen LogP) is 4.62. The standard InChI is InChI=1S/C23H24O3/c1-4-26-23(25)22-20(19-8-6-5-7-16(19)3)13-18(14-21(22)24)17-11-9-15(2)10-12-17/h5-12,14,20,22H,4,13H2,1-3H3/t20-,22+/m0/s1. The lowest BCUT2D eigenvalue weighted by Crippen LogP contribution is -2.34.